The normalized spacial score (nSPS) is 27.1. The van der Waals surface area contributed by atoms with Crippen molar-refractivity contribution < 1.29 is 37.8 Å². The number of carbonyl (C=O) groups is 3. The summed E-state index contributed by atoms with van der Waals surface area (Å²) < 4.78 is 27.4. The second kappa shape index (κ2) is 8.06. The number of methoxy groups -OCH3 is 1. The van der Waals surface area contributed by atoms with Crippen LogP contribution in [0.4, 0.5) is 0 Å². The van der Waals surface area contributed by atoms with E-state index < -0.39 is 43.2 Å². The number of hydrogen-bond donors (Lipinski definition) is 3. The quantitative estimate of drug-likeness (QED) is 0.428. The van der Waals surface area contributed by atoms with Gasteiger partial charge in [-0.25, -0.2) is 9.65 Å². The van der Waals surface area contributed by atoms with Crippen LogP contribution in [0.3, 0.4) is 0 Å². The predicted molar refractivity (Wildman–Crippen MR) is 82.1 cm³/mol. The van der Waals surface area contributed by atoms with Crippen molar-refractivity contribution in [3.05, 3.63) is 0 Å². The average Bonchev–Trinajstić information content (AvgIpc) is 2.49. The maximum Gasteiger partial charge on any atom is 0.407 e. The molecule has 3 atom stereocenters. The highest BCUT2D eigenvalue weighted by Crippen LogP contribution is 2.53. The van der Waals surface area contributed by atoms with Crippen molar-refractivity contribution in [2.45, 2.75) is 39.3 Å². The maximum absolute atomic E-state index is 12.5. The molecule has 1 fully saturated rings. The number of ether oxygens (including phenoxy) is 1. The minimum absolute atomic E-state index is 0.0160. The molecule has 0 bridgehead atoms. The van der Waals surface area contributed by atoms with Crippen molar-refractivity contribution >= 4 is 25.6 Å². The topological polar surface area (TPSA) is 140 Å². The monoisotopic (exact) mass is 366 g/mol. The van der Waals surface area contributed by atoms with E-state index in [1.165, 1.54) is 14.0 Å². The van der Waals surface area contributed by atoms with Crippen LogP contribution in [0.5, 0.6) is 0 Å². The van der Waals surface area contributed by atoms with E-state index in [0.717, 1.165) is 0 Å². The first-order chi connectivity index (χ1) is 11.0. The molecule has 3 N–H and O–H groups in total. The number of nitrogens with one attached hydrogen (secondary N) is 2. The molecule has 1 aliphatic heterocycles. The van der Waals surface area contributed by atoms with Gasteiger partial charge < -0.3 is 15.2 Å². The maximum atomic E-state index is 12.5. The lowest BCUT2D eigenvalue weighted by Crippen LogP contribution is -2.51. The first-order valence-corrected chi connectivity index (χ1v) is 8.83. The van der Waals surface area contributed by atoms with Gasteiger partial charge in [-0.15, -0.1) is 0 Å². The Labute approximate surface area is 139 Å². The van der Waals surface area contributed by atoms with Crippen LogP contribution in [-0.2, 0) is 32.7 Å². The highest BCUT2D eigenvalue weighted by atomic mass is 31.2. The molecule has 0 aliphatic carbocycles. The predicted octanol–water partition coefficient (Wildman–Crippen LogP) is 0.278. The fourth-order valence-corrected chi connectivity index (χ4v) is 3.83. The number of carboxylic acid groups (broad SMARTS) is 1. The number of rotatable bonds is 7. The first kappa shape index (κ1) is 20.6. The van der Waals surface area contributed by atoms with Crippen LogP contribution in [0.1, 0.15) is 27.2 Å². The molecule has 0 aromatic carbocycles. The number of carbonyl (C=O) groups excluding carboxylic acids is 2. The molecule has 0 saturated carbocycles. The first-order valence-electron chi connectivity index (χ1n) is 7.29. The van der Waals surface area contributed by atoms with E-state index in [0.29, 0.717) is 0 Å². The summed E-state index contributed by atoms with van der Waals surface area (Å²) >= 11 is 0. The van der Waals surface area contributed by atoms with Gasteiger partial charge in [0.05, 0.1) is 20.1 Å². The average molecular weight is 366 g/mol. The molecule has 11 heteroatoms. The Morgan fingerprint density at radius 3 is 2.58 bits per heavy atom. The van der Waals surface area contributed by atoms with Gasteiger partial charge in [0.15, 0.2) is 6.10 Å². The molecule has 1 amide bonds. The van der Waals surface area contributed by atoms with E-state index in [1.54, 1.807) is 13.8 Å². The largest absolute Gasteiger partial charge is 0.480 e. The van der Waals surface area contributed by atoms with Crippen LogP contribution < -0.4 is 10.4 Å². The lowest BCUT2D eigenvalue weighted by molar-refractivity contribution is -0.141. The Kier molecular flexibility index (Phi) is 6.91. The molecule has 1 heterocycles. The Morgan fingerprint density at radius 1 is 1.42 bits per heavy atom. The van der Waals surface area contributed by atoms with E-state index >= 15 is 0 Å². The summed E-state index contributed by atoms with van der Waals surface area (Å²) in [6, 6.07) is -1.18. The second-order valence-electron chi connectivity index (χ2n) is 6.05. The highest BCUT2D eigenvalue weighted by Gasteiger charge is 2.48. The van der Waals surface area contributed by atoms with Gasteiger partial charge in [-0.1, -0.05) is 13.8 Å². The minimum Gasteiger partial charge on any atom is -0.480 e. The van der Waals surface area contributed by atoms with Crippen molar-refractivity contribution in [2.24, 2.45) is 5.41 Å². The van der Waals surface area contributed by atoms with Gasteiger partial charge in [-0.05, 0) is 6.92 Å². The van der Waals surface area contributed by atoms with Crippen LogP contribution in [0.2, 0.25) is 0 Å². The summed E-state index contributed by atoms with van der Waals surface area (Å²) in [7, 11) is -2.72. The summed E-state index contributed by atoms with van der Waals surface area (Å²) in [5.74, 6) is -2.29. The molecule has 138 valence electrons. The lowest BCUT2D eigenvalue weighted by Gasteiger charge is -2.40. The molecule has 1 rings (SSSR count). The third-order valence-electron chi connectivity index (χ3n) is 3.38. The lowest BCUT2D eigenvalue weighted by atomic mass is 9.87. The Hall–Kier alpha value is -1.48. The fraction of sp³-hybridized carbons (Fsp3) is 0.769. The van der Waals surface area contributed by atoms with Gasteiger partial charge in [0.2, 0.25) is 5.91 Å². The SMILES string of the molecule is COC(=O)CCNC(=O)[C@@H]1OP(=O)(N[C@@H](C)C(=O)O)OCC1(C)C. The molecule has 0 radical (unpaired) electrons. The second-order valence-corrected chi connectivity index (χ2v) is 7.77. The fourth-order valence-electron chi connectivity index (χ4n) is 1.88. The van der Waals surface area contributed by atoms with Crippen molar-refractivity contribution in [2.75, 3.05) is 20.3 Å². The number of esters is 1. The zero-order chi connectivity index (χ0) is 18.5. The van der Waals surface area contributed by atoms with Gasteiger partial charge in [-0.3, -0.25) is 23.4 Å². The molecular weight excluding hydrogens is 343 g/mol. The summed E-state index contributed by atoms with van der Waals surface area (Å²) in [6.07, 6.45) is -1.15. The summed E-state index contributed by atoms with van der Waals surface area (Å²) in [5, 5.41) is 13.6. The zero-order valence-electron chi connectivity index (χ0n) is 14.0. The van der Waals surface area contributed by atoms with Crippen LogP contribution in [0.15, 0.2) is 0 Å². The molecule has 10 nitrogen and oxygen atoms in total. The molecule has 1 aliphatic rings. The van der Waals surface area contributed by atoms with E-state index in [1.807, 2.05) is 0 Å². The number of hydrogen-bond acceptors (Lipinski definition) is 7. The zero-order valence-corrected chi connectivity index (χ0v) is 14.9. The smallest absolute Gasteiger partial charge is 0.407 e. The van der Waals surface area contributed by atoms with E-state index in [2.05, 4.69) is 15.1 Å². The summed E-state index contributed by atoms with van der Waals surface area (Å²) in [6.45, 7) is 4.60. The van der Waals surface area contributed by atoms with Gasteiger partial charge in [0.25, 0.3) is 0 Å². The van der Waals surface area contributed by atoms with Gasteiger partial charge >= 0.3 is 19.7 Å². The molecule has 24 heavy (non-hydrogen) atoms. The Morgan fingerprint density at radius 2 is 2.04 bits per heavy atom. The molecule has 1 saturated heterocycles. The Bertz CT molecular complexity index is 550. The minimum atomic E-state index is -3.95. The van der Waals surface area contributed by atoms with Crippen molar-refractivity contribution in [3.63, 3.8) is 0 Å². The number of aliphatic carboxylic acids is 1. The van der Waals surface area contributed by atoms with Crippen LogP contribution >= 0.6 is 7.75 Å². The number of amides is 1. The van der Waals surface area contributed by atoms with E-state index in [9.17, 15) is 18.9 Å². The highest BCUT2D eigenvalue weighted by molar-refractivity contribution is 7.51. The summed E-state index contributed by atoms with van der Waals surface area (Å²) in [5.41, 5.74) is -0.794. The third kappa shape index (κ3) is 5.55. The van der Waals surface area contributed by atoms with Crippen molar-refractivity contribution in [3.8, 4) is 0 Å². The van der Waals surface area contributed by atoms with Crippen LogP contribution in [-0.4, -0.2) is 55.4 Å². The van der Waals surface area contributed by atoms with Crippen molar-refractivity contribution in [1.29, 1.82) is 0 Å². The molecule has 0 aromatic rings. The molecule has 0 spiro atoms. The standard InChI is InChI=1S/C13H23N2O8P/c1-8(12(18)19)15-24(20)22-7-13(2,3)10(23-24)11(17)14-6-5-9(16)21-4/h8,10H,5-7H2,1-4H3,(H,14,17)(H,15,20)(H,18,19)/t8-,10-,24?/m0/s1. The van der Waals surface area contributed by atoms with Crippen LogP contribution in [0.25, 0.3) is 0 Å². The van der Waals surface area contributed by atoms with E-state index in [-0.39, 0.29) is 19.6 Å². The van der Waals surface area contributed by atoms with Crippen molar-refractivity contribution in [1.82, 2.24) is 10.4 Å². The molecule has 1 unspecified atom stereocenters. The Balaban J connectivity index is 2.75. The number of carboxylic acids is 1. The van der Waals surface area contributed by atoms with Crippen LogP contribution in [0, 0.1) is 5.41 Å². The van der Waals surface area contributed by atoms with Gasteiger partial charge in [-0.2, -0.15) is 0 Å². The molecular formula is C13H23N2O8P. The van der Waals surface area contributed by atoms with E-state index in [4.69, 9.17) is 14.2 Å². The van der Waals surface area contributed by atoms with Gasteiger partial charge in [0, 0.05) is 12.0 Å². The summed E-state index contributed by atoms with van der Waals surface area (Å²) in [4.78, 5) is 34.2. The van der Waals surface area contributed by atoms with Gasteiger partial charge in [0.1, 0.15) is 6.04 Å². The third-order valence-corrected chi connectivity index (χ3v) is 5.04. The molecule has 0 aromatic heterocycles.